The van der Waals surface area contributed by atoms with E-state index in [1.807, 2.05) is 20.8 Å². The molecule has 0 aliphatic rings. The van der Waals surface area contributed by atoms with E-state index >= 15 is 0 Å². The SMILES string of the molecule is Cc1cc(C)c([C@@H](C)NC(=O)CN(C)S(=O)(=O)c2ccccc2)cc1C. The molecule has 26 heavy (non-hydrogen) atoms. The third kappa shape index (κ3) is 4.51. The minimum Gasteiger partial charge on any atom is -0.348 e. The predicted molar refractivity (Wildman–Crippen MR) is 103 cm³/mol. The number of aryl methyl sites for hydroxylation is 3. The van der Waals surface area contributed by atoms with Crippen LogP contribution in [0.15, 0.2) is 47.4 Å². The first-order valence-corrected chi connectivity index (χ1v) is 9.95. The summed E-state index contributed by atoms with van der Waals surface area (Å²) >= 11 is 0. The van der Waals surface area contributed by atoms with Crippen molar-refractivity contribution in [3.8, 4) is 0 Å². The highest BCUT2D eigenvalue weighted by Gasteiger charge is 2.23. The van der Waals surface area contributed by atoms with Gasteiger partial charge in [-0.1, -0.05) is 30.3 Å². The molecule has 0 heterocycles. The molecule has 2 rings (SSSR count). The Hall–Kier alpha value is -2.18. The molecule has 2 aromatic carbocycles. The van der Waals surface area contributed by atoms with Gasteiger partial charge in [0.1, 0.15) is 0 Å². The maximum atomic E-state index is 12.5. The van der Waals surface area contributed by atoms with Crippen LogP contribution in [0.4, 0.5) is 0 Å². The van der Waals surface area contributed by atoms with E-state index in [0.29, 0.717) is 0 Å². The Kier molecular flexibility index (Phi) is 6.21. The number of nitrogens with zero attached hydrogens (tertiary/aromatic N) is 1. The topological polar surface area (TPSA) is 66.5 Å². The number of benzene rings is 2. The van der Waals surface area contributed by atoms with Gasteiger partial charge >= 0.3 is 0 Å². The number of hydrogen-bond acceptors (Lipinski definition) is 3. The fraction of sp³-hybridized carbons (Fsp3) is 0.350. The molecule has 0 bridgehead atoms. The van der Waals surface area contributed by atoms with Gasteiger partial charge in [0.05, 0.1) is 17.5 Å². The molecular weight excluding hydrogens is 348 g/mol. The zero-order valence-corrected chi connectivity index (χ0v) is 16.7. The standard InChI is InChI=1S/C20H26N2O3S/c1-14-11-16(3)19(12-15(14)2)17(4)21-20(23)13-22(5)26(24,25)18-9-7-6-8-10-18/h6-12,17H,13H2,1-5H3,(H,21,23)/t17-/m1/s1. The molecule has 0 aliphatic carbocycles. The fourth-order valence-corrected chi connectivity index (χ4v) is 4.02. The van der Waals surface area contributed by atoms with Crippen LogP contribution >= 0.6 is 0 Å². The summed E-state index contributed by atoms with van der Waals surface area (Å²) in [5.74, 6) is -0.336. The summed E-state index contributed by atoms with van der Waals surface area (Å²) in [6.45, 7) is 7.77. The predicted octanol–water partition coefficient (Wildman–Crippen LogP) is 3.11. The third-order valence-corrected chi connectivity index (χ3v) is 6.36. The molecule has 0 fully saturated rings. The number of likely N-dealkylation sites (N-methyl/N-ethyl adjacent to an activating group) is 1. The summed E-state index contributed by atoms with van der Waals surface area (Å²) in [4.78, 5) is 12.5. The minimum atomic E-state index is -3.68. The highest BCUT2D eigenvalue weighted by molar-refractivity contribution is 7.89. The first-order valence-electron chi connectivity index (χ1n) is 8.51. The summed E-state index contributed by atoms with van der Waals surface area (Å²) in [6.07, 6.45) is 0. The highest BCUT2D eigenvalue weighted by Crippen LogP contribution is 2.21. The van der Waals surface area contributed by atoms with Gasteiger partial charge in [-0.25, -0.2) is 8.42 Å². The van der Waals surface area contributed by atoms with Crippen LogP contribution in [0.5, 0.6) is 0 Å². The van der Waals surface area contributed by atoms with Crippen LogP contribution in [-0.2, 0) is 14.8 Å². The number of sulfonamides is 1. The van der Waals surface area contributed by atoms with Crippen molar-refractivity contribution in [1.82, 2.24) is 9.62 Å². The van der Waals surface area contributed by atoms with Crippen LogP contribution in [0, 0.1) is 20.8 Å². The average Bonchev–Trinajstić information content (AvgIpc) is 2.58. The van der Waals surface area contributed by atoms with Gasteiger partial charge in [0.25, 0.3) is 0 Å². The Bertz CT molecular complexity index is 893. The second kappa shape index (κ2) is 8.01. The van der Waals surface area contributed by atoms with Crippen molar-refractivity contribution in [3.05, 3.63) is 64.7 Å². The second-order valence-corrected chi connectivity index (χ2v) is 8.70. The van der Waals surface area contributed by atoms with Crippen molar-refractivity contribution in [2.45, 2.75) is 38.6 Å². The van der Waals surface area contributed by atoms with E-state index in [1.165, 1.54) is 24.7 Å². The normalized spacial score (nSPS) is 12.8. The smallest absolute Gasteiger partial charge is 0.243 e. The molecule has 1 amide bonds. The van der Waals surface area contributed by atoms with Gasteiger partial charge in [-0.2, -0.15) is 4.31 Å². The van der Waals surface area contributed by atoms with Crippen LogP contribution in [0.1, 0.15) is 35.2 Å². The van der Waals surface area contributed by atoms with Crippen molar-refractivity contribution >= 4 is 15.9 Å². The molecular formula is C20H26N2O3S. The van der Waals surface area contributed by atoms with Gasteiger partial charge in [-0.15, -0.1) is 0 Å². The van der Waals surface area contributed by atoms with Crippen LogP contribution in [0.2, 0.25) is 0 Å². The van der Waals surface area contributed by atoms with Crippen molar-refractivity contribution in [2.75, 3.05) is 13.6 Å². The molecule has 6 heteroatoms. The highest BCUT2D eigenvalue weighted by atomic mass is 32.2. The molecule has 2 aromatic rings. The largest absolute Gasteiger partial charge is 0.348 e. The monoisotopic (exact) mass is 374 g/mol. The van der Waals surface area contributed by atoms with Gasteiger partial charge < -0.3 is 5.32 Å². The maximum absolute atomic E-state index is 12.5. The van der Waals surface area contributed by atoms with E-state index < -0.39 is 10.0 Å². The zero-order chi connectivity index (χ0) is 19.5. The fourth-order valence-electron chi connectivity index (χ4n) is 2.87. The number of carbonyl (C=O) groups excluding carboxylic acids is 1. The van der Waals surface area contributed by atoms with Gasteiger partial charge in [-0.3, -0.25) is 4.79 Å². The summed E-state index contributed by atoms with van der Waals surface area (Å²) in [7, 11) is -2.27. The molecule has 5 nitrogen and oxygen atoms in total. The van der Waals surface area contributed by atoms with Crippen molar-refractivity contribution < 1.29 is 13.2 Å². The molecule has 0 saturated heterocycles. The van der Waals surface area contributed by atoms with Crippen molar-refractivity contribution in [1.29, 1.82) is 0 Å². The van der Waals surface area contributed by atoms with E-state index in [-0.39, 0.29) is 23.4 Å². The molecule has 1 N–H and O–H groups in total. The number of rotatable bonds is 6. The number of nitrogens with one attached hydrogen (secondary N) is 1. The lowest BCUT2D eigenvalue weighted by molar-refractivity contribution is -0.121. The molecule has 0 spiro atoms. The molecule has 0 aromatic heterocycles. The Balaban J connectivity index is 2.08. The molecule has 0 unspecified atom stereocenters. The van der Waals surface area contributed by atoms with E-state index in [9.17, 15) is 13.2 Å². The van der Waals surface area contributed by atoms with Crippen molar-refractivity contribution in [3.63, 3.8) is 0 Å². The average molecular weight is 375 g/mol. The lowest BCUT2D eigenvalue weighted by atomic mass is 9.96. The van der Waals surface area contributed by atoms with Crippen LogP contribution in [-0.4, -0.2) is 32.2 Å². The summed E-state index contributed by atoms with van der Waals surface area (Å²) in [5, 5.41) is 2.89. The van der Waals surface area contributed by atoms with Crippen molar-refractivity contribution in [2.24, 2.45) is 0 Å². The first-order chi connectivity index (χ1) is 12.1. The van der Waals surface area contributed by atoms with Gasteiger partial charge in [0.2, 0.25) is 15.9 Å². The minimum absolute atomic E-state index is 0.174. The van der Waals surface area contributed by atoms with Gasteiger partial charge in [0, 0.05) is 7.05 Å². The van der Waals surface area contributed by atoms with E-state index in [0.717, 1.165) is 21.0 Å². The van der Waals surface area contributed by atoms with Gasteiger partial charge in [-0.05, 0) is 62.1 Å². The molecule has 0 aliphatic heterocycles. The molecule has 0 saturated carbocycles. The molecule has 0 radical (unpaired) electrons. The Morgan fingerprint density at radius 2 is 1.62 bits per heavy atom. The summed E-state index contributed by atoms with van der Waals surface area (Å²) in [5.41, 5.74) is 4.51. The lowest BCUT2D eigenvalue weighted by Crippen LogP contribution is -2.39. The maximum Gasteiger partial charge on any atom is 0.243 e. The van der Waals surface area contributed by atoms with Crippen LogP contribution < -0.4 is 5.32 Å². The Labute approximate surface area is 156 Å². The quantitative estimate of drug-likeness (QED) is 0.845. The summed E-state index contributed by atoms with van der Waals surface area (Å²) in [6, 6.07) is 12.1. The van der Waals surface area contributed by atoms with Crippen LogP contribution in [0.3, 0.4) is 0 Å². The molecule has 140 valence electrons. The number of hydrogen-bond donors (Lipinski definition) is 1. The number of amides is 1. The van der Waals surface area contributed by atoms with E-state index in [1.54, 1.807) is 18.2 Å². The lowest BCUT2D eigenvalue weighted by Gasteiger charge is -2.21. The van der Waals surface area contributed by atoms with E-state index in [4.69, 9.17) is 0 Å². The Morgan fingerprint density at radius 1 is 1.04 bits per heavy atom. The van der Waals surface area contributed by atoms with Gasteiger partial charge in [0.15, 0.2) is 0 Å². The summed E-state index contributed by atoms with van der Waals surface area (Å²) < 4.78 is 26.1. The zero-order valence-electron chi connectivity index (χ0n) is 15.9. The first kappa shape index (κ1) is 20.1. The third-order valence-electron chi connectivity index (χ3n) is 4.54. The molecule has 1 atom stereocenters. The van der Waals surface area contributed by atoms with Crippen LogP contribution in [0.25, 0.3) is 0 Å². The Morgan fingerprint density at radius 3 is 2.23 bits per heavy atom. The second-order valence-electron chi connectivity index (χ2n) is 6.66. The van der Waals surface area contributed by atoms with E-state index in [2.05, 4.69) is 24.4 Å². The number of carbonyl (C=O) groups is 1.